The number of carboxylic acids is 1. The van der Waals surface area contributed by atoms with Crippen LogP contribution < -0.4 is 5.32 Å². The number of aromatic nitrogens is 2. The summed E-state index contributed by atoms with van der Waals surface area (Å²) in [6.45, 7) is 0. The zero-order valence-electron chi connectivity index (χ0n) is 13.2. The lowest BCUT2D eigenvalue weighted by atomic mass is 9.86. The fourth-order valence-corrected chi connectivity index (χ4v) is 3.17. The minimum atomic E-state index is -0.749. The Morgan fingerprint density at radius 3 is 2.75 bits per heavy atom. The Kier molecular flexibility index (Phi) is 4.78. The van der Waals surface area contributed by atoms with Gasteiger partial charge in [0.2, 0.25) is 5.91 Å². The molecule has 0 radical (unpaired) electrons. The molecule has 0 aliphatic heterocycles. The van der Waals surface area contributed by atoms with E-state index < -0.39 is 5.97 Å². The van der Waals surface area contributed by atoms with E-state index in [1.54, 1.807) is 6.07 Å². The highest BCUT2D eigenvalue weighted by Crippen LogP contribution is 2.24. The lowest BCUT2D eigenvalue weighted by Crippen LogP contribution is -2.38. The van der Waals surface area contributed by atoms with Gasteiger partial charge in [0.15, 0.2) is 0 Å². The van der Waals surface area contributed by atoms with Gasteiger partial charge in [-0.3, -0.25) is 9.59 Å². The molecule has 1 aromatic carbocycles. The van der Waals surface area contributed by atoms with E-state index in [9.17, 15) is 14.0 Å². The number of halogens is 1. The number of carboxylic acid groups (broad SMARTS) is 1. The zero-order valence-corrected chi connectivity index (χ0v) is 13.2. The second-order valence-electron chi connectivity index (χ2n) is 6.30. The number of carbonyl (C=O) groups excluding carboxylic acids is 1. The first-order chi connectivity index (χ1) is 11.5. The van der Waals surface area contributed by atoms with E-state index >= 15 is 0 Å². The Morgan fingerprint density at radius 2 is 2.04 bits per heavy atom. The number of H-pyrrole nitrogens is 1. The number of aliphatic carboxylic acids is 1. The summed E-state index contributed by atoms with van der Waals surface area (Å²) in [6.07, 6.45) is 3.36. The van der Waals surface area contributed by atoms with Crippen molar-refractivity contribution < 1.29 is 19.1 Å². The number of nitrogens with one attached hydrogen (secondary N) is 2. The third kappa shape index (κ3) is 3.90. The lowest BCUT2D eigenvalue weighted by Gasteiger charge is -2.26. The monoisotopic (exact) mass is 333 g/mol. The van der Waals surface area contributed by atoms with Crippen molar-refractivity contribution in [3.63, 3.8) is 0 Å². The molecule has 1 aromatic heterocycles. The molecule has 1 saturated carbocycles. The molecule has 7 heteroatoms. The predicted octanol–water partition coefficient (Wildman–Crippen LogP) is 2.39. The zero-order chi connectivity index (χ0) is 17.1. The second kappa shape index (κ2) is 6.98. The van der Waals surface area contributed by atoms with Crippen molar-refractivity contribution in [2.75, 3.05) is 0 Å². The first kappa shape index (κ1) is 16.4. The number of hydrogen-bond donors (Lipinski definition) is 3. The molecule has 128 valence electrons. The van der Waals surface area contributed by atoms with Crippen molar-refractivity contribution in [1.29, 1.82) is 0 Å². The van der Waals surface area contributed by atoms with Crippen molar-refractivity contribution >= 4 is 22.9 Å². The van der Waals surface area contributed by atoms with Gasteiger partial charge in [0.1, 0.15) is 11.6 Å². The maximum Gasteiger partial charge on any atom is 0.306 e. The third-order valence-corrected chi connectivity index (χ3v) is 4.52. The molecule has 0 unspecified atom stereocenters. The number of hydrogen-bond acceptors (Lipinski definition) is 3. The van der Waals surface area contributed by atoms with Gasteiger partial charge in [0.05, 0.1) is 17.0 Å². The Balaban J connectivity index is 1.47. The molecule has 0 atom stereocenters. The highest BCUT2D eigenvalue weighted by Gasteiger charge is 2.26. The molecule has 0 spiro atoms. The van der Waals surface area contributed by atoms with Crippen LogP contribution in [0, 0.1) is 11.7 Å². The first-order valence-electron chi connectivity index (χ1n) is 8.17. The average Bonchev–Trinajstić information content (AvgIpc) is 2.95. The van der Waals surface area contributed by atoms with Gasteiger partial charge >= 0.3 is 5.97 Å². The summed E-state index contributed by atoms with van der Waals surface area (Å²) >= 11 is 0. The van der Waals surface area contributed by atoms with Crippen LogP contribution in [0.1, 0.15) is 37.9 Å². The minimum Gasteiger partial charge on any atom is -0.481 e. The van der Waals surface area contributed by atoms with Crippen molar-refractivity contribution in [3.05, 3.63) is 29.8 Å². The fourth-order valence-electron chi connectivity index (χ4n) is 3.17. The number of fused-ring (bicyclic) bond motifs is 1. The van der Waals surface area contributed by atoms with Gasteiger partial charge in [-0.1, -0.05) is 0 Å². The van der Waals surface area contributed by atoms with E-state index in [0.29, 0.717) is 55.4 Å². The molecule has 1 fully saturated rings. The highest BCUT2D eigenvalue weighted by atomic mass is 19.1. The van der Waals surface area contributed by atoms with Crippen LogP contribution in [0.4, 0.5) is 4.39 Å². The van der Waals surface area contributed by atoms with E-state index in [1.165, 1.54) is 12.1 Å². The summed E-state index contributed by atoms with van der Waals surface area (Å²) in [4.78, 5) is 30.3. The van der Waals surface area contributed by atoms with Crippen LogP contribution >= 0.6 is 0 Å². The highest BCUT2D eigenvalue weighted by molar-refractivity contribution is 5.77. The number of imidazole rings is 1. The van der Waals surface area contributed by atoms with Crippen LogP contribution in [0.15, 0.2) is 18.2 Å². The van der Waals surface area contributed by atoms with Crippen molar-refractivity contribution in [2.24, 2.45) is 5.92 Å². The maximum atomic E-state index is 13.1. The molecule has 3 rings (SSSR count). The molecule has 1 aliphatic carbocycles. The molecular weight excluding hydrogens is 313 g/mol. The molecule has 0 bridgehead atoms. The number of aromatic amines is 1. The molecular formula is C17H20FN3O3. The number of benzene rings is 1. The van der Waals surface area contributed by atoms with Gasteiger partial charge in [0, 0.05) is 18.9 Å². The van der Waals surface area contributed by atoms with Crippen LogP contribution in [0.5, 0.6) is 0 Å². The fraction of sp³-hybridized carbons (Fsp3) is 0.471. The Labute approximate surface area is 138 Å². The van der Waals surface area contributed by atoms with E-state index in [4.69, 9.17) is 5.11 Å². The average molecular weight is 333 g/mol. The van der Waals surface area contributed by atoms with Crippen LogP contribution in [-0.4, -0.2) is 33.0 Å². The Morgan fingerprint density at radius 1 is 1.29 bits per heavy atom. The number of amides is 1. The lowest BCUT2D eigenvalue weighted by molar-refractivity contribution is -0.142. The number of rotatable bonds is 5. The predicted molar refractivity (Wildman–Crippen MR) is 85.9 cm³/mol. The number of nitrogens with zero attached hydrogens (tertiary/aromatic N) is 1. The maximum absolute atomic E-state index is 13.1. The molecule has 3 N–H and O–H groups in total. The van der Waals surface area contributed by atoms with Crippen LogP contribution in [0.2, 0.25) is 0 Å². The third-order valence-electron chi connectivity index (χ3n) is 4.52. The molecule has 1 heterocycles. The van der Waals surface area contributed by atoms with Gasteiger partial charge < -0.3 is 15.4 Å². The van der Waals surface area contributed by atoms with E-state index in [2.05, 4.69) is 15.3 Å². The van der Waals surface area contributed by atoms with Crippen molar-refractivity contribution in [2.45, 2.75) is 44.6 Å². The molecule has 0 saturated heterocycles. The Bertz CT molecular complexity index is 751. The van der Waals surface area contributed by atoms with Gasteiger partial charge in [0.25, 0.3) is 0 Å². The summed E-state index contributed by atoms with van der Waals surface area (Å²) in [5.74, 6) is -0.775. The van der Waals surface area contributed by atoms with Crippen LogP contribution in [0.3, 0.4) is 0 Å². The number of aryl methyl sites for hydroxylation is 1. The molecule has 2 aromatic rings. The van der Waals surface area contributed by atoms with E-state index in [-0.39, 0.29) is 23.7 Å². The smallest absolute Gasteiger partial charge is 0.306 e. The van der Waals surface area contributed by atoms with Crippen LogP contribution in [0.25, 0.3) is 11.0 Å². The van der Waals surface area contributed by atoms with Crippen LogP contribution in [-0.2, 0) is 16.0 Å². The topological polar surface area (TPSA) is 95.1 Å². The van der Waals surface area contributed by atoms with E-state index in [1.807, 2.05) is 0 Å². The molecule has 1 amide bonds. The molecule has 24 heavy (non-hydrogen) atoms. The quantitative estimate of drug-likeness (QED) is 0.783. The summed E-state index contributed by atoms with van der Waals surface area (Å²) in [5, 5.41) is 11.9. The van der Waals surface area contributed by atoms with Crippen molar-refractivity contribution in [1.82, 2.24) is 15.3 Å². The summed E-state index contributed by atoms with van der Waals surface area (Å²) in [7, 11) is 0. The molecule has 1 aliphatic rings. The molecule has 6 nitrogen and oxygen atoms in total. The van der Waals surface area contributed by atoms with Gasteiger partial charge in [-0.15, -0.1) is 0 Å². The Hall–Kier alpha value is -2.44. The normalized spacial score (nSPS) is 20.9. The standard InChI is InChI=1S/C17H20FN3O3/c18-11-3-6-13-14(9-11)21-15(20-13)7-8-16(22)19-12-4-1-10(2-5-12)17(23)24/h3,6,9-10,12H,1-2,4-5,7-8H2,(H,19,22)(H,20,21)(H,23,24). The van der Waals surface area contributed by atoms with Gasteiger partial charge in [-0.25, -0.2) is 9.37 Å². The van der Waals surface area contributed by atoms with Gasteiger partial charge in [-0.05, 0) is 43.9 Å². The van der Waals surface area contributed by atoms with Gasteiger partial charge in [-0.2, -0.15) is 0 Å². The number of carbonyl (C=O) groups is 2. The SMILES string of the molecule is O=C(CCc1nc2ccc(F)cc2[nH]1)NC1CCC(C(=O)O)CC1. The summed E-state index contributed by atoms with van der Waals surface area (Å²) in [5.41, 5.74) is 1.30. The second-order valence-corrected chi connectivity index (χ2v) is 6.30. The van der Waals surface area contributed by atoms with Crippen molar-refractivity contribution in [3.8, 4) is 0 Å². The summed E-state index contributed by atoms with van der Waals surface area (Å²) in [6, 6.07) is 4.39. The first-order valence-corrected chi connectivity index (χ1v) is 8.17. The minimum absolute atomic E-state index is 0.0536. The van der Waals surface area contributed by atoms with E-state index in [0.717, 1.165) is 0 Å². The summed E-state index contributed by atoms with van der Waals surface area (Å²) < 4.78 is 13.1. The largest absolute Gasteiger partial charge is 0.481 e.